The average Bonchev–Trinajstić information content (AvgIpc) is 3.15. The number of hydrogen-bond acceptors (Lipinski definition) is 5. The topological polar surface area (TPSA) is 68.5 Å². The van der Waals surface area contributed by atoms with Crippen molar-refractivity contribution < 1.29 is 14.1 Å². The fraction of sp³-hybridized carbons (Fsp3) is 0.286. The van der Waals surface area contributed by atoms with Gasteiger partial charge in [-0.2, -0.15) is 4.98 Å². The van der Waals surface area contributed by atoms with E-state index in [4.69, 9.17) is 9.26 Å². The van der Waals surface area contributed by atoms with Crippen LogP contribution in [0.3, 0.4) is 0 Å². The molecule has 1 heterocycles. The lowest BCUT2D eigenvalue weighted by molar-refractivity contribution is -0.138. The monoisotopic (exact) mass is 443 g/mol. The van der Waals surface area contributed by atoms with E-state index in [0.717, 1.165) is 15.6 Å². The Bertz CT molecular complexity index is 957. The zero-order valence-corrected chi connectivity index (χ0v) is 17.6. The highest BCUT2D eigenvalue weighted by Gasteiger charge is 2.24. The Kier molecular flexibility index (Phi) is 6.46. The average molecular weight is 444 g/mol. The van der Waals surface area contributed by atoms with E-state index in [9.17, 15) is 4.79 Å². The van der Waals surface area contributed by atoms with Crippen molar-refractivity contribution in [2.45, 2.75) is 32.9 Å². The third-order valence-corrected chi connectivity index (χ3v) is 4.80. The SMILES string of the molecule is CC[C@H](Oc1ccccc1C)C(=O)N(C)Cc1nc(-c2cccc(Br)c2)no1. The van der Waals surface area contributed by atoms with E-state index in [1.165, 1.54) is 0 Å². The minimum Gasteiger partial charge on any atom is -0.480 e. The number of likely N-dealkylation sites (N-methyl/N-ethyl adjacent to an activating group) is 1. The summed E-state index contributed by atoms with van der Waals surface area (Å²) in [6.45, 7) is 4.10. The predicted octanol–water partition coefficient (Wildman–Crippen LogP) is 4.62. The van der Waals surface area contributed by atoms with E-state index in [0.29, 0.717) is 23.9 Å². The fourth-order valence-electron chi connectivity index (χ4n) is 2.74. The molecule has 1 amide bonds. The Hall–Kier alpha value is -2.67. The Morgan fingerprint density at radius 1 is 1.25 bits per heavy atom. The van der Waals surface area contributed by atoms with Gasteiger partial charge in [0.15, 0.2) is 6.10 Å². The Labute approximate surface area is 172 Å². The van der Waals surface area contributed by atoms with Gasteiger partial charge in [-0.3, -0.25) is 4.79 Å². The molecule has 7 heteroatoms. The summed E-state index contributed by atoms with van der Waals surface area (Å²) in [5.41, 5.74) is 1.83. The first-order valence-corrected chi connectivity index (χ1v) is 9.83. The Morgan fingerprint density at radius 3 is 2.75 bits per heavy atom. The molecule has 0 spiro atoms. The maximum Gasteiger partial charge on any atom is 0.263 e. The van der Waals surface area contributed by atoms with Gasteiger partial charge in [-0.05, 0) is 37.1 Å². The van der Waals surface area contributed by atoms with Crippen LogP contribution in [0.15, 0.2) is 57.5 Å². The van der Waals surface area contributed by atoms with Crippen molar-refractivity contribution in [2.24, 2.45) is 0 Å². The maximum atomic E-state index is 12.8. The first kappa shape index (κ1) is 20.1. The smallest absolute Gasteiger partial charge is 0.263 e. The summed E-state index contributed by atoms with van der Waals surface area (Å²) >= 11 is 3.43. The highest BCUT2D eigenvalue weighted by molar-refractivity contribution is 9.10. The molecule has 0 aliphatic carbocycles. The molecule has 0 bridgehead atoms. The summed E-state index contributed by atoms with van der Waals surface area (Å²) < 4.78 is 12.2. The number of aromatic nitrogens is 2. The third kappa shape index (κ3) is 4.78. The van der Waals surface area contributed by atoms with Crippen LogP contribution in [0.4, 0.5) is 0 Å². The molecule has 0 N–H and O–H groups in total. The van der Waals surface area contributed by atoms with Crippen LogP contribution in [0.1, 0.15) is 24.8 Å². The van der Waals surface area contributed by atoms with E-state index in [2.05, 4.69) is 26.1 Å². The van der Waals surface area contributed by atoms with Crippen LogP contribution in [-0.4, -0.2) is 34.1 Å². The van der Waals surface area contributed by atoms with Gasteiger partial charge in [-0.1, -0.05) is 58.3 Å². The molecule has 0 saturated heterocycles. The number of nitrogens with zero attached hydrogens (tertiary/aromatic N) is 3. The number of aryl methyl sites for hydroxylation is 1. The largest absolute Gasteiger partial charge is 0.480 e. The number of carbonyl (C=O) groups excluding carboxylic acids is 1. The van der Waals surface area contributed by atoms with E-state index in [1.54, 1.807) is 11.9 Å². The number of benzene rings is 2. The van der Waals surface area contributed by atoms with Gasteiger partial charge in [0, 0.05) is 17.1 Å². The maximum absolute atomic E-state index is 12.8. The minimum absolute atomic E-state index is 0.132. The number of halogens is 1. The predicted molar refractivity (Wildman–Crippen MR) is 110 cm³/mol. The third-order valence-electron chi connectivity index (χ3n) is 4.31. The molecular weight excluding hydrogens is 422 g/mol. The molecule has 146 valence electrons. The van der Waals surface area contributed by atoms with E-state index in [1.807, 2.05) is 62.4 Å². The van der Waals surface area contributed by atoms with Gasteiger partial charge in [0.2, 0.25) is 11.7 Å². The number of ether oxygens (including phenoxy) is 1. The van der Waals surface area contributed by atoms with Gasteiger partial charge < -0.3 is 14.2 Å². The van der Waals surface area contributed by atoms with Gasteiger partial charge >= 0.3 is 0 Å². The van der Waals surface area contributed by atoms with Gasteiger partial charge in [0.05, 0.1) is 6.54 Å². The summed E-state index contributed by atoms with van der Waals surface area (Å²) in [5, 5.41) is 4.01. The second-order valence-corrected chi connectivity index (χ2v) is 7.41. The molecule has 2 aromatic carbocycles. The molecule has 6 nitrogen and oxygen atoms in total. The zero-order chi connectivity index (χ0) is 20.1. The molecule has 0 unspecified atom stereocenters. The molecule has 0 saturated carbocycles. The lowest BCUT2D eigenvalue weighted by atomic mass is 10.2. The standard InChI is InChI=1S/C21H22BrN3O3/c1-4-17(27-18-11-6-5-8-14(18)2)21(26)25(3)13-19-23-20(24-28-19)15-9-7-10-16(22)12-15/h5-12,17H,4,13H2,1-3H3/t17-/m0/s1. The summed E-state index contributed by atoms with van der Waals surface area (Å²) in [7, 11) is 1.70. The highest BCUT2D eigenvalue weighted by Crippen LogP contribution is 2.22. The number of para-hydroxylation sites is 1. The highest BCUT2D eigenvalue weighted by atomic mass is 79.9. The molecule has 3 rings (SSSR count). The lowest BCUT2D eigenvalue weighted by Gasteiger charge is -2.23. The van der Waals surface area contributed by atoms with Crippen molar-refractivity contribution in [1.29, 1.82) is 0 Å². The van der Waals surface area contributed by atoms with Gasteiger partial charge in [-0.25, -0.2) is 0 Å². The summed E-state index contributed by atoms with van der Waals surface area (Å²) in [5.74, 6) is 1.44. The van der Waals surface area contributed by atoms with E-state index in [-0.39, 0.29) is 12.5 Å². The summed E-state index contributed by atoms with van der Waals surface area (Å²) in [6, 6.07) is 15.3. The van der Waals surface area contributed by atoms with Crippen LogP contribution in [-0.2, 0) is 11.3 Å². The van der Waals surface area contributed by atoms with Crippen LogP contribution in [0.2, 0.25) is 0 Å². The number of carbonyl (C=O) groups is 1. The van der Waals surface area contributed by atoms with Crippen molar-refractivity contribution in [3.05, 3.63) is 64.5 Å². The molecule has 0 aliphatic heterocycles. The van der Waals surface area contributed by atoms with Gasteiger partial charge in [0.1, 0.15) is 5.75 Å². The minimum atomic E-state index is -0.571. The van der Waals surface area contributed by atoms with Gasteiger partial charge in [0.25, 0.3) is 5.91 Å². The van der Waals surface area contributed by atoms with Crippen molar-refractivity contribution in [3.63, 3.8) is 0 Å². The molecule has 0 fully saturated rings. The molecule has 0 radical (unpaired) electrons. The second-order valence-electron chi connectivity index (χ2n) is 6.50. The first-order chi connectivity index (χ1) is 13.5. The van der Waals surface area contributed by atoms with E-state index >= 15 is 0 Å². The first-order valence-electron chi connectivity index (χ1n) is 9.03. The second kappa shape index (κ2) is 9.01. The molecule has 3 aromatic rings. The quantitative estimate of drug-likeness (QED) is 0.532. The summed E-state index contributed by atoms with van der Waals surface area (Å²) in [4.78, 5) is 18.8. The number of amides is 1. The van der Waals surface area contributed by atoms with Crippen molar-refractivity contribution in [1.82, 2.24) is 15.0 Å². The molecular formula is C21H22BrN3O3. The fourth-order valence-corrected chi connectivity index (χ4v) is 3.14. The van der Waals surface area contributed by atoms with E-state index < -0.39 is 6.10 Å². The Morgan fingerprint density at radius 2 is 2.04 bits per heavy atom. The molecule has 1 aromatic heterocycles. The zero-order valence-electron chi connectivity index (χ0n) is 16.1. The number of hydrogen-bond donors (Lipinski definition) is 0. The van der Waals surface area contributed by atoms with Crippen LogP contribution >= 0.6 is 15.9 Å². The van der Waals surface area contributed by atoms with Crippen molar-refractivity contribution >= 4 is 21.8 Å². The van der Waals surface area contributed by atoms with Crippen LogP contribution in [0.5, 0.6) is 5.75 Å². The van der Waals surface area contributed by atoms with Crippen LogP contribution in [0, 0.1) is 6.92 Å². The van der Waals surface area contributed by atoms with Crippen molar-refractivity contribution in [3.8, 4) is 17.1 Å². The van der Waals surface area contributed by atoms with Crippen LogP contribution in [0.25, 0.3) is 11.4 Å². The lowest BCUT2D eigenvalue weighted by Crippen LogP contribution is -2.39. The molecule has 1 atom stereocenters. The number of rotatable bonds is 7. The van der Waals surface area contributed by atoms with Crippen LogP contribution < -0.4 is 4.74 Å². The normalized spacial score (nSPS) is 11.9. The van der Waals surface area contributed by atoms with Crippen molar-refractivity contribution in [2.75, 3.05) is 7.05 Å². The molecule has 28 heavy (non-hydrogen) atoms. The Balaban J connectivity index is 1.67. The molecule has 0 aliphatic rings. The summed E-state index contributed by atoms with van der Waals surface area (Å²) in [6.07, 6.45) is -0.0106. The van der Waals surface area contributed by atoms with Gasteiger partial charge in [-0.15, -0.1) is 0 Å².